The molecule has 1 aromatic heterocycles. The average molecular weight is 285 g/mol. The Morgan fingerprint density at radius 3 is 2.61 bits per heavy atom. The van der Waals surface area contributed by atoms with Crippen molar-refractivity contribution < 1.29 is 14.7 Å². The van der Waals surface area contributed by atoms with Gasteiger partial charge in [0.25, 0.3) is 5.91 Å². The molecular weight excluding hydrogens is 270 g/mol. The van der Waals surface area contributed by atoms with Crippen molar-refractivity contribution in [3.05, 3.63) is 21.4 Å². The fraction of sp³-hybridized carbons (Fsp3) is 0.500. The van der Waals surface area contributed by atoms with E-state index >= 15 is 0 Å². The molecule has 4 nitrogen and oxygen atoms in total. The molecule has 0 radical (unpaired) electrons. The Balaban J connectivity index is 2.20. The highest BCUT2D eigenvalue weighted by atomic mass is 32.2. The number of rotatable bonds is 3. The zero-order valence-electron chi connectivity index (χ0n) is 10.3. The Morgan fingerprint density at radius 1 is 1.44 bits per heavy atom. The van der Waals surface area contributed by atoms with Crippen LogP contribution in [0.3, 0.4) is 0 Å². The quantitative estimate of drug-likeness (QED) is 0.892. The van der Waals surface area contributed by atoms with Crippen molar-refractivity contribution in [2.75, 3.05) is 11.5 Å². The molecule has 1 aliphatic rings. The van der Waals surface area contributed by atoms with Crippen LogP contribution in [0.25, 0.3) is 0 Å². The standard InChI is InChI=1S/C12H15NO3S2/c1-7-5-9(8(2)18-7)10(14)13-12(11(15)16)3-4-17-6-12/h5H,3-4,6H2,1-2H3,(H,13,14)(H,15,16)/t12-/m0/s1. The average Bonchev–Trinajstić information content (AvgIpc) is 2.86. The van der Waals surface area contributed by atoms with E-state index in [0.29, 0.717) is 17.7 Å². The molecule has 1 amide bonds. The minimum atomic E-state index is -1.09. The van der Waals surface area contributed by atoms with Crippen LogP contribution < -0.4 is 5.32 Å². The van der Waals surface area contributed by atoms with Gasteiger partial charge < -0.3 is 10.4 Å². The van der Waals surface area contributed by atoms with Gasteiger partial charge in [-0.2, -0.15) is 11.8 Å². The molecule has 0 bridgehead atoms. The topological polar surface area (TPSA) is 66.4 Å². The summed E-state index contributed by atoms with van der Waals surface area (Å²) < 4.78 is 0. The summed E-state index contributed by atoms with van der Waals surface area (Å²) in [5.74, 6) is -0.00279. The van der Waals surface area contributed by atoms with Crippen molar-refractivity contribution in [1.29, 1.82) is 0 Å². The number of nitrogens with one attached hydrogen (secondary N) is 1. The van der Waals surface area contributed by atoms with Crippen LogP contribution in [-0.4, -0.2) is 34.0 Å². The third-order valence-corrected chi connectivity index (χ3v) is 5.23. The Kier molecular flexibility index (Phi) is 3.68. The molecule has 2 rings (SSSR count). The number of aliphatic carboxylic acids is 1. The highest BCUT2D eigenvalue weighted by Crippen LogP contribution is 2.29. The van der Waals surface area contributed by atoms with Crippen LogP contribution >= 0.6 is 23.1 Å². The lowest BCUT2D eigenvalue weighted by molar-refractivity contribution is -0.143. The monoisotopic (exact) mass is 285 g/mol. The van der Waals surface area contributed by atoms with Gasteiger partial charge in [-0.05, 0) is 32.1 Å². The molecule has 0 aromatic carbocycles. The fourth-order valence-corrected chi connectivity index (χ4v) is 4.27. The minimum Gasteiger partial charge on any atom is -0.479 e. The first-order valence-corrected chi connectivity index (χ1v) is 7.62. The summed E-state index contributed by atoms with van der Waals surface area (Å²) in [5, 5.41) is 12.0. The summed E-state index contributed by atoms with van der Waals surface area (Å²) in [4.78, 5) is 25.5. The van der Waals surface area contributed by atoms with E-state index in [1.807, 2.05) is 19.9 Å². The van der Waals surface area contributed by atoms with Gasteiger partial charge >= 0.3 is 5.97 Å². The van der Waals surface area contributed by atoms with E-state index in [1.54, 1.807) is 23.1 Å². The number of carboxylic acids is 1. The number of aryl methyl sites for hydroxylation is 2. The van der Waals surface area contributed by atoms with Gasteiger partial charge in [-0.3, -0.25) is 4.79 Å². The van der Waals surface area contributed by atoms with E-state index < -0.39 is 11.5 Å². The Hall–Kier alpha value is -1.01. The lowest BCUT2D eigenvalue weighted by Crippen LogP contribution is -2.54. The zero-order valence-corrected chi connectivity index (χ0v) is 11.9. The Morgan fingerprint density at radius 2 is 2.17 bits per heavy atom. The second-order valence-electron chi connectivity index (χ2n) is 4.47. The summed E-state index contributed by atoms with van der Waals surface area (Å²) in [7, 11) is 0. The predicted octanol–water partition coefficient (Wildman–Crippen LogP) is 2.06. The second kappa shape index (κ2) is 4.93. The number of hydrogen-bond donors (Lipinski definition) is 2. The van der Waals surface area contributed by atoms with Crippen LogP contribution in [0.15, 0.2) is 6.07 Å². The predicted molar refractivity (Wildman–Crippen MR) is 73.6 cm³/mol. The lowest BCUT2D eigenvalue weighted by Gasteiger charge is -2.24. The molecule has 0 unspecified atom stereocenters. The zero-order chi connectivity index (χ0) is 13.3. The summed E-state index contributed by atoms with van der Waals surface area (Å²) in [6, 6.07) is 1.81. The van der Waals surface area contributed by atoms with Crippen molar-refractivity contribution in [2.24, 2.45) is 0 Å². The van der Waals surface area contributed by atoms with Gasteiger partial charge in [0.15, 0.2) is 0 Å². The first-order chi connectivity index (χ1) is 8.44. The smallest absolute Gasteiger partial charge is 0.330 e. The highest BCUT2D eigenvalue weighted by molar-refractivity contribution is 7.99. The molecule has 1 aromatic rings. The molecule has 1 aliphatic heterocycles. The second-order valence-corrected chi connectivity index (χ2v) is 7.04. The molecule has 6 heteroatoms. The molecule has 0 saturated carbocycles. The van der Waals surface area contributed by atoms with E-state index in [0.717, 1.165) is 15.5 Å². The lowest BCUT2D eigenvalue weighted by atomic mass is 9.98. The molecule has 2 N–H and O–H groups in total. The highest BCUT2D eigenvalue weighted by Gasteiger charge is 2.43. The van der Waals surface area contributed by atoms with Gasteiger partial charge in [0.05, 0.1) is 5.56 Å². The van der Waals surface area contributed by atoms with Crippen LogP contribution in [0.5, 0.6) is 0 Å². The SMILES string of the molecule is Cc1cc(C(=O)N[C@@]2(C(=O)O)CCSC2)c(C)s1. The molecule has 0 aliphatic carbocycles. The van der Waals surface area contributed by atoms with E-state index in [1.165, 1.54) is 0 Å². The van der Waals surface area contributed by atoms with Crippen molar-refractivity contribution in [2.45, 2.75) is 25.8 Å². The van der Waals surface area contributed by atoms with Gasteiger partial charge in [-0.25, -0.2) is 4.79 Å². The van der Waals surface area contributed by atoms with Crippen LogP contribution in [0.1, 0.15) is 26.5 Å². The summed E-state index contributed by atoms with van der Waals surface area (Å²) >= 11 is 3.11. The van der Waals surface area contributed by atoms with Gasteiger partial charge in [-0.15, -0.1) is 11.3 Å². The molecule has 18 heavy (non-hydrogen) atoms. The molecule has 0 spiro atoms. The number of amides is 1. The van der Waals surface area contributed by atoms with E-state index in [9.17, 15) is 14.7 Å². The normalized spacial score (nSPS) is 23.0. The Bertz CT molecular complexity index is 490. The molecule has 1 saturated heterocycles. The fourth-order valence-electron chi connectivity index (χ4n) is 2.03. The number of carbonyl (C=O) groups is 2. The number of carboxylic acid groups (broad SMARTS) is 1. The first kappa shape index (κ1) is 13.4. The third kappa shape index (κ3) is 2.40. The first-order valence-electron chi connectivity index (χ1n) is 5.65. The Labute approximate surface area is 114 Å². The molecular formula is C12H15NO3S2. The maximum Gasteiger partial charge on any atom is 0.330 e. The molecule has 1 atom stereocenters. The summed E-state index contributed by atoms with van der Waals surface area (Å²) in [6.45, 7) is 3.82. The van der Waals surface area contributed by atoms with Gasteiger partial charge in [-0.1, -0.05) is 0 Å². The molecule has 98 valence electrons. The summed E-state index contributed by atoms with van der Waals surface area (Å²) in [5.41, 5.74) is -0.501. The van der Waals surface area contributed by atoms with Crippen LogP contribution in [0, 0.1) is 13.8 Å². The van der Waals surface area contributed by atoms with Crippen molar-refractivity contribution in [3.63, 3.8) is 0 Å². The van der Waals surface area contributed by atoms with Crippen molar-refractivity contribution in [1.82, 2.24) is 5.32 Å². The largest absolute Gasteiger partial charge is 0.479 e. The third-order valence-electron chi connectivity index (χ3n) is 3.07. The van der Waals surface area contributed by atoms with E-state index in [2.05, 4.69) is 5.32 Å². The maximum absolute atomic E-state index is 12.2. The van der Waals surface area contributed by atoms with Gasteiger partial charge in [0.2, 0.25) is 0 Å². The number of thioether (sulfide) groups is 1. The van der Waals surface area contributed by atoms with E-state index in [-0.39, 0.29) is 5.91 Å². The minimum absolute atomic E-state index is 0.276. The van der Waals surface area contributed by atoms with Gasteiger partial charge in [0.1, 0.15) is 5.54 Å². The maximum atomic E-state index is 12.2. The van der Waals surface area contributed by atoms with Crippen LogP contribution in [-0.2, 0) is 4.79 Å². The number of thiophene rings is 1. The summed E-state index contributed by atoms with van der Waals surface area (Å²) in [6.07, 6.45) is 0.487. The van der Waals surface area contributed by atoms with Crippen LogP contribution in [0.2, 0.25) is 0 Å². The molecule has 2 heterocycles. The van der Waals surface area contributed by atoms with Crippen molar-refractivity contribution in [3.8, 4) is 0 Å². The number of hydrogen-bond acceptors (Lipinski definition) is 4. The molecule has 1 fully saturated rings. The van der Waals surface area contributed by atoms with Crippen LogP contribution in [0.4, 0.5) is 0 Å². The number of carbonyl (C=O) groups excluding carboxylic acids is 1. The van der Waals surface area contributed by atoms with Gasteiger partial charge in [0, 0.05) is 15.5 Å². The van der Waals surface area contributed by atoms with Crippen molar-refractivity contribution >= 4 is 35.0 Å². The van der Waals surface area contributed by atoms with E-state index in [4.69, 9.17) is 0 Å².